The van der Waals surface area contributed by atoms with Gasteiger partial charge in [-0.25, -0.2) is 4.39 Å². The van der Waals surface area contributed by atoms with Gasteiger partial charge in [0.1, 0.15) is 5.82 Å². The molecule has 0 heterocycles. The second kappa shape index (κ2) is 7.33. The minimum absolute atomic E-state index is 0.0615. The number of rotatable bonds is 6. The van der Waals surface area contributed by atoms with Crippen LogP contribution >= 0.6 is 11.8 Å². The van der Waals surface area contributed by atoms with E-state index in [2.05, 4.69) is 5.32 Å². The van der Waals surface area contributed by atoms with Gasteiger partial charge in [-0.15, -0.1) is 11.8 Å². The number of carbonyl (C=O) groups excluding carboxylic acids is 1. The van der Waals surface area contributed by atoms with E-state index in [1.165, 1.54) is 23.9 Å². The van der Waals surface area contributed by atoms with E-state index in [0.717, 1.165) is 17.7 Å². The van der Waals surface area contributed by atoms with Gasteiger partial charge in [-0.05, 0) is 31.0 Å². The number of benzene rings is 1. The number of carbonyl (C=O) groups is 1. The third-order valence-electron chi connectivity index (χ3n) is 2.43. The van der Waals surface area contributed by atoms with Crippen molar-refractivity contribution in [3.63, 3.8) is 0 Å². The highest BCUT2D eigenvalue weighted by molar-refractivity contribution is 7.99. The van der Waals surface area contributed by atoms with Gasteiger partial charge in [-0.2, -0.15) is 0 Å². The molecule has 1 aromatic carbocycles. The van der Waals surface area contributed by atoms with E-state index >= 15 is 0 Å². The van der Waals surface area contributed by atoms with Crippen LogP contribution in [0, 0.1) is 5.82 Å². The Morgan fingerprint density at radius 1 is 1.41 bits per heavy atom. The van der Waals surface area contributed by atoms with Gasteiger partial charge in [0.25, 0.3) is 0 Å². The zero-order chi connectivity index (χ0) is 12.7. The molecule has 0 spiro atoms. The van der Waals surface area contributed by atoms with E-state index in [-0.39, 0.29) is 17.8 Å². The van der Waals surface area contributed by atoms with Crippen molar-refractivity contribution in [2.45, 2.75) is 32.1 Å². The average Bonchev–Trinajstić information content (AvgIpc) is 2.31. The number of hydrogen-bond donors (Lipinski definition) is 1. The van der Waals surface area contributed by atoms with Gasteiger partial charge in [0, 0.05) is 11.8 Å². The van der Waals surface area contributed by atoms with Crippen molar-refractivity contribution in [3.8, 4) is 0 Å². The Labute approximate surface area is 106 Å². The van der Waals surface area contributed by atoms with Gasteiger partial charge in [-0.1, -0.05) is 19.1 Å². The highest BCUT2D eigenvalue weighted by Gasteiger charge is 2.05. The van der Waals surface area contributed by atoms with E-state index < -0.39 is 0 Å². The van der Waals surface area contributed by atoms with Crippen molar-refractivity contribution in [1.29, 1.82) is 0 Å². The molecule has 1 atom stereocenters. The smallest absolute Gasteiger partial charge is 0.230 e. The molecule has 0 saturated carbocycles. The van der Waals surface area contributed by atoms with Crippen molar-refractivity contribution >= 4 is 17.7 Å². The lowest BCUT2D eigenvalue weighted by Gasteiger charge is -2.10. The molecule has 0 radical (unpaired) electrons. The molecule has 0 aliphatic heterocycles. The predicted molar refractivity (Wildman–Crippen MR) is 70.5 cm³/mol. The Bertz CT molecular complexity index is 353. The topological polar surface area (TPSA) is 29.1 Å². The van der Waals surface area contributed by atoms with Crippen LogP contribution in [0.4, 0.5) is 4.39 Å². The molecule has 0 saturated heterocycles. The third-order valence-corrected chi connectivity index (χ3v) is 3.44. The minimum atomic E-state index is -0.228. The summed E-state index contributed by atoms with van der Waals surface area (Å²) in [6.07, 6.45) is 0.939. The van der Waals surface area contributed by atoms with Crippen LogP contribution in [0.1, 0.15) is 25.8 Å². The lowest BCUT2D eigenvalue weighted by atomic mass is 10.2. The normalized spacial score (nSPS) is 12.2. The molecular weight excluding hydrogens is 237 g/mol. The maximum absolute atomic E-state index is 12.6. The highest BCUT2D eigenvalue weighted by Crippen LogP contribution is 2.12. The summed E-state index contributed by atoms with van der Waals surface area (Å²) in [6.45, 7) is 4.03. The van der Waals surface area contributed by atoms with Crippen LogP contribution < -0.4 is 5.32 Å². The van der Waals surface area contributed by atoms with Crippen LogP contribution in [-0.2, 0) is 10.5 Å². The molecule has 2 nitrogen and oxygen atoms in total. The Morgan fingerprint density at radius 2 is 2.06 bits per heavy atom. The molecular formula is C13H18FNOS. The maximum atomic E-state index is 12.6. The summed E-state index contributed by atoms with van der Waals surface area (Å²) in [6, 6.07) is 6.60. The molecule has 0 aliphatic rings. The van der Waals surface area contributed by atoms with Crippen molar-refractivity contribution in [2.75, 3.05) is 5.75 Å². The van der Waals surface area contributed by atoms with Crippen LogP contribution in [0.5, 0.6) is 0 Å². The Morgan fingerprint density at radius 3 is 2.65 bits per heavy atom. The first-order valence-electron chi connectivity index (χ1n) is 5.73. The lowest BCUT2D eigenvalue weighted by Crippen LogP contribution is -2.33. The Kier molecular flexibility index (Phi) is 6.05. The van der Waals surface area contributed by atoms with Gasteiger partial charge in [0.15, 0.2) is 0 Å². The summed E-state index contributed by atoms with van der Waals surface area (Å²) in [7, 11) is 0. The van der Waals surface area contributed by atoms with Gasteiger partial charge in [-0.3, -0.25) is 4.79 Å². The zero-order valence-electron chi connectivity index (χ0n) is 10.2. The first kappa shape index (κ1) is 14.0. The fourth-order valence-electron chi connectivity index (χ4n) is 1.26. The number of halogens is 1. The number of amides is 1. The Hall–Kier alpha value is -1.03. The molecule has 1 aromatic rings. The first-order valence-corrected chi connectivity index (χ1v) is 6.89. The van der Waals surface area contributed by atoms with E-state index in [9.17, 15) is 9.18 Å². The van der Waals surface area contributed by atoms with E-state index in [0.29, 0.717) is 5.75 Å². The molecule has 0 bridgehead atoms. The quantitative estimate of drug-likeness (QED) is 0.846. The zero-order valence-corrected chi connectivity index (χ0v) is 11.0. The van der Waals surface area contributed by atoms with E-state index in [1.807, 2.05) is 13.8 Å². The van der Waals surface area contributed by atoms with Crippen LogP contribution in [-0.4, -0.2) is 17.7 Å². The minimum Gasteiger partial charge on any atom is -0.353 e. The van der Waals surface area contributed by atoms with Gasteiger partial charge < -0.3 is 5.32 Å². The van der Waals surface area contributed by atoms with Crippen molar-refractivity contribution in [3.05, 3.63) is 35.6 Å². The second-order valence-electron chi connectivity index (χ2n) is 4.00. The molecule has 0 fully saturated rings. The maximum Gasteiger partial charge on any atom is 0.230 e. The monoisotopic (exact) mass is 255 g/mol. The van der Waals surface area contributed by atoms with Crippen LogP contribution in [0.3, 0.4) is 0 Å². The molecule has 1 N–H and O–H groups in total. The molecule has 0 unspecified atom stereocenters. The Balaban J connectivity index is 2.23. The second-order valence-corrected chi connectivity index (χ2v) is 4.98. The fraction of sp³-hybridized carbons (Fsp3) is 0.462. The summed E-state index contributed by atoms with van der Waals surface area (Å²) >= 11 is 1.54. The summed E-state index contributed by atoms with van der Waals surface area (Å²) in [5.41, 5.74) is 1.03. The van der Waals surface area contributed by atoms with E-state index in [1.54, 1.807) is 12.1 Å². The molecule has 94 valence electrons. The first-order chi connectivity index (χ1) is 8.11. The molecule has 0 aliphatic carbocycles. The van der Waals surface area contributed by atoms with Crippen molar-refractivity contribution in [1.82, 2.24) is 5.32 Å². The third kappa shape index (κ3) is 5.73. The van der Waals surface area contributed by atoms with E-state index in [4.69, 9.17) is 0 Å². The van der Waals surface area contributed by atoms with Gasteiger partial charge >= 0.3 is 0 Å². The highest BCUT2D eigenvalue weighted by atomic mass is 32.2. The summed E-state index contributed by atoms with van der Waals surface area (Å²) < 4.78 is 12.6. The fourth-order valence-corrected chi connectivity index (χ4v) is 2.06. The molecule has 4 heteroatoms. The van der Waals surface area contributed by atoms with Crippen molar-refractivity contribution in [2.24, 2.45) is 0 Å². The van der Waals surface area contributed by atoms with Gasteiger partial charge in [0.2, 0.25) is 5.91 Å². The summed E-state index contributed by atoms with van der Waals surface area (Å²) in [5, 5.41) is 2.91. The molecule has 0 aromatic heterocycles. The predicted octanol–water partition coefficient (Wildman–Crippen LogP) is 2.97. The molecule has 17 heavy (non-hydrogen) atoms. The van der Waals surface area contributed by atoms with Crippen molar-refractivity contribution < 1.29 is 9.18 Å². The van der Waals surface area contributed by atoms with Crippen LogP contribution in [0.2, 0.25) is 0 Å². The van der Waals surface area contributed by atoms with Gasteiger partial charge in [0.05, 0.1) is 5.75 Å². The van der Waals surface area contributed by atoms with Crippen LogP contribution in [0.25, 0.3) is 0 Å². The SMILES string of the molecule is CC[C@H](C)NC(=O)CSCc1ccc(F)cc1. The molecule has 1 amide bonds. The largest absolute Gasteiger partial charge is 0.353 e. The molecule has 1 rings (SSSR count). The lowest BCUT2D eigenvalue weighted by molar-refractivity contribution is -0.119. The number of thioether (sulfide) groups is 1. The average molecular weight is 255 g/mol. The number of hydrogen-bond acceptors (Lipinski definition) is 2. The summed E-state index contributed by atoms with van der Waals surface area (Å²) in [5.74, 6) is 1.01. The van der Waals surface area contributed by atoms with Crippen LogP contribution in [0.15, 0.2) is 24.3 Å². The standard InChI is InChI=1S/C13H18FNOS/c1-3-10(2)15-13(16)9-17-8-11-4-6-12(14)7-5-11/h4-7,10H,3,8-9H2,1-2H3,(H,15,16)/t10-/m0/s1. The number of nitrogens with one attached hydrogen (secondary N) is 1. The summed E-state index contributed by atoms with van der Waals surface area (Å²) in [4.78, 5) is 11.5.